The van der Waals surface area contributed by atoms with Crippen molar-refractivity contribution < 1.29 is 9.53 Å². The Hall–Kier alpha value is -0.810. The lowest BCUT2D eigenvalue weighted by Crippen LogP contribution is -2.49. The molecule has 0 amide bonds. The monoisotopic (exact) mass is 334 g/mol. The van der Waals surface area contributed by atoms with Crippen LogP contribution in [0.25, 0.3) is 0 Å². The van der Waals surface area contributed by atoms with E-state index in [0.29, 0.717) is 11.6 Å². The van der Waals surface area contributed by atoms with Crippen molar-refractivity contribution in [2.45, 2.75) is 19.4 Å². The number of ether oxygens (including phenoxy) is 1. The quantitative estimate of drug-likeness (QED) is 0.856. The SMILES string of the molecule is COC(=O)c1ccc(CCN2CCN[C@@H](C)C2)cc1.Cl.Cl. The van der Waals surface area contributed by atoms with Gasteiger partial charge in [-0.1, -0.05) is 12.1 Å². The molecule has 120 valence electrons. The van der Waals surface area contributed by atoms with Crippen molar-refractivity contribution in [3.05, 3.63) is 35.4 Å². The van der Waals surface area contributed by atoms with E-state index in [4.69, 9.17) is 0 Å². The number of hydrogen-bond donors (Lipinski definition) is 1. The van der Waals surface area contributed by atoms with E-state index in [9.17, 15) is 4.79 Å². The zero-order chi connectivity index (χ0) is 13.7. The van der Waals surface area contributed by atoms with E-state index in [1.165, 1.54) is 12.7 Å². The molecular weight excluding hydrogens is 311 g/mol. The van der Waals surface area contributed by atoms with Gasteiger partial charge in [-0.3, -0.25) is 0 Å². The van der Waals surface area contributed by atoms with E-state index >= 15 is 0 Å². The van der Waals surface area contributed by atoms with Gasteiger partial charge in [0.05, 0.1) is 12.7 Å². The van der Waals surface area contributed by atoms with Crippen molar-refractivity contribution in [3.8, 4) is 0 Å². The van der Waals surface area contributed by atoms with Crippen LogP contribution in [-0.4, -0.2) is 50.2 Å². The van der Waals surface area contributed by atoms with Crippen LogP contribution in [0, 0.1) is 0 Å². The Morgan fingerprint density at radius 2 is 2.00 bits per heavy atom. The van der Waals surface area contributed by atoms with Gasteiger partial charge in [0.1, 0.15) is 0 Å². The van der Waals surface area contributed by atoms with Gasteiger partial charge in [0.15, 0.2) is 0 Å². The first kappa shape index (κ1) is 20.2. The molecule has 1 saturated heterocycles. The fourth-order valence-electron chi connectivity index (χ4n) is 2.43. The number of nitrogens with one attached hydrogen (secondary N) is 1. The van der Waals surface area contributed by atoms with Crippen LogP contribution in [0.1, 0.15) is 22.8 Å². The second kappa shape index (κ2) is 10.0. The fourth-order valence-corrected chi connectivity index (χ4v) is 2.43. The standard InChI is InChI=1S/C15H22N2O2.2ClH/c1-12-11-17(10-8-16-12)9-7-13-3-5-14(6-4-13)15(18)19-2;;/h3-6,12,16H,7-11H2,1-2H3;2*1H/t12-;;/m0../s1. The lowest BCUT2D eigenvalue weighted by molar-refractivity contribution is 0.0600. The van der Waals surface area contributed by atoms with Crippen LogP contribution < -0.4 is 5.32 Å². The van der Waals surface area contributed by atoms with Gasteiger partial charge >= 0.3 is 5.97 Å². The number of carbonyl (C=O) groups excluding carboxylic acids is 1. The predicted octanol–water partition coefficient (Wildman–Crippen LogP) is 2.15. The van der Waals surface area contributed by atoms with E-state index in [1.54, 1.807) is 0 Å². The van der Waals surface area contributed by atoms with E-state index in [1.807, 2.05) is 24.3 Å². The fraction of sp³-hybridized carbons (Fsp3) is 0.533. The predicted molar refractivity (Wildman–Crippen MR) is 89.9 cm³/mol. The lowest BCUT2D eigenvalue weighted by Gasteiger charge is -2.31. The number of rotatable bonds is 4. The number of esters is 1. The Labute approximate surface area is 139 Å². The van der Waals surface area contributed by atoms with Crippen molar-refractivity contribution in [2.24, 2.45) is 0 Å². The van der Waals surface area contributed by atoms with Crippen LogP contribution in [0.2, 0.25) is 0 Å². The molecule has 4 nitrogen and oxygen atoms in total. The van der Waals surface area contributed by atoms with Gasteiger partial charge in [0, 0.05) is 32.2 Å². The first-order valence-corrected chi connectivity index (χ1v) is 6.82. The zero-order valence-corrected chi connectivity index (χ0v) is 14.1. The van der Waals surface area contributed by atoms with Crippen molar-refractivity contribution in [1.82, 2.24) is 10.2 Å². The molecule has 0 radical (unpaired) electrons. The van der Waals surface area contributed by atoms with Crippen LogP contribution >= 0.6 is 24.8 Å². The van der Waals surface area contributed by atoms with E-state index in [-0.39, 0.29) is 30.8 Å². The summed E-state index contributed by atoms with van der Waals surface area (Å²) in [7, 11) is 1.40. The largest absolute Gasteiger partial charge is 0.465 e. The van der Waals surface area contributed by atoms with Crippen molar-refractivity contribution >= 4 is 30.8 Å². The number of carbonyl (C=O) groups is 1. The summed E-state index contributed by atoms with van der Waals surface area (Å²) in [4.78, 5) is 13.8. The van der Waals surface area contributed by atoms with Crippen LogP contribution in [0.4, 0.5) is 0 Å². The number of benzene rings is 1. The lowest BCUT2D eigenvalue weighted by atomic mass is 10.1. The molecule has 1 atom stereocenters. The molecule has 0 aliphatic carbocycles. The number of halogens is 2. The highest BCUT2D eigenvalue weighted by Crippen LogP contribution is 2.08. The summed E-state index contributed by atoms with van der Waals surface area (Å²) in [5.41, 5.74) is 1.88. The maximum absolute atomic E-state index is 11.3. The summed E-state index contributed by atoms with van der Waals surface area (Å²) >= 11 is 0. The topological polar surface area (TPSA) is 41.6 Å². The highest BCUT2D eigenvalue weighted by molar-refractivity contribution is 5.89. The summed E-state index contributed by atoms with van der Waals surface area (Å²) in [6.45, 7) is 6.59. The third-order valence-corrected chi connectivity index (χ3v) is 3.54. The van der Waals surface area contributed by atoms with Crippen LogP contribution in [0.5, 0.6) is 0 Å². The number of nitrogens with zero attached hydrogens (tertiary/aromatic N) is 1. The summed E-state index contributed by atoms with van der Waals surface area (Å²) in [5, 5.41) is 3.44. The second-order valence-corrected chi connectivity index (χ2v) is 5.09. The smallest absolute Gasteiger partial charge is 0.337 e. The third-order valence-electron chi connectivity index (χ3n) is 3.54. The Bertz CT molecular complexity index is 426. The minimum atomic E-state index is -0.275. The molecule has 1 heterocycles. The van der Waals surface area contributed by atoms with Crippen molar-refractivity contribution in [1.29, 1.82) is 0 Å². The van der Waals surface area contributed by atoms with Gasteiger partial charge in [-0.2, -0.15) is 0 Å². The molecule has 2 rings (SSSR count). The molecule has 1 aliphatic rings. The molecule has 0 bridgehead atoms. The summed E-state index contributed by atoms with van der Waals surface area (Å²) < 4.78 is 4.69. The van der Waals surface area contributed by atoms with Crippen molar-refractivity contribution in [2.75, 3.05) is 33.3 Å². The molecule has 0 spiro atoms. The molecule has 1 aromatic rings. The summed E-state index contributed by atoms with van der Waals surface area (Å²) in [6, 6.07) is 8.27. The third kappa shape index (κ3) is 6.22. The maximum Gasteiger partial charge on any atom is 0.337 e. The molecule has 21 heavy (non-hydrogen) atoms. The normalized spacial score (nSPS) is 18.3. The van der Waals surface area contributed by atoms with Crippen LogP contribution in [0.15, 0.2) is 24.3 Å². The highest BCUT2D eigenvalue weighted by atomic mass is 35.5. The Morgan fingerprint density at radius 1 is 1.33 bits per heavy atom. The Morgan fingerprint density at radius 3 is 2.57 bits per heavy atom. The first-order chi connectivity index (χ1) is 9.19. The Balaban J connectivity index is 0.00000200. The van der Waals surface area contributed by atoms with Gasteiger partial charge in [-0.15, -0.1) is 24.8 Å². The molecule has 0 unspecified atom stereocenters. The number of methoxy groups -OCH3 is 1. The first-order valence-electron chi connectivity index (χ1n) is 6.82. The van der Waals surface area contributed by atoms with E-state index in [0.717, 1.165) is 32.6 Å². The molecule has 0 aromatic heterocycles. The average Bonchev–Trinajstić information content (AvgIpc) is 2.45. The average molecular weight is 335 g/mol. The Kier molecular flexibility index (Phi) is 9.62. The number of piperazine rings is 1. The maximum atomic E-state index is 11.3. The van der Waals surface area contributed by atoms with Gasteiger partial charge in [0.2, 0.25) is 0 Å². The van der Waals surface area contributed by atoms with Crippen LogP contribution in [0.3, 0.4) is 0 Å². The van der Waals surface area contributed by atoms with Gasteiger partial charge in [0.25, 0.3) is 0 Å². The van der Waals surface area contributed by atoms with Gasteiger partial charge in [-0.25, -0.2) is 4.79 Å². The summed E-state index contributed by atoms with van der Waals surface area (Å²) in [6.07, 6.45) is 1.02. The zero-order valence-electron chi connectivity index (χ0n) is 12.5. The molecule has 1 aliphatic heterocycles. The minimum absolute atomic E-state index is 0. The van der Waals surface area contributed by atoms with Crippen molar-refractivity contribution in [3.63, 3.8) is 0 Å². The molecule has 1 fully saturated rings. The summed E-state index contributed by atoms with van der Waals surface area (Å²) in [5.74, 6) is -0.275. The van der Waals surface area contributed by atoms with E-state index in [2.05, 4.69) is 21.9 Å². The second-order valence-electron chi connectivity index (χ2n) is 5.09. The minimum Gasteiger partial charge on any atom is -0.465 e. The molecular formula is C15H24Cl2N2O2. The molecule has 1 aromatic carbocycles. The van der Waals surface area contributed by atoms with E-state index < -0.39 is 0 Å². The van der Waals surface area contributed by atoms with Crippen LogP contribution in [-0.2, 0) is 11.2 Å². The molecule has 0 saturated carbocycles. The van der Waals surface area contributed by atoms with Gasteiger partial charge in [-0.05, 0) is 31.0 Å². The molecule has 6 heteroatoms. The molecule has 1 N–H and O–H groups in total. The van der Waals surface area contributed by atoms with Gasteiger partial charge < -0.3 is 15.0 Å². The highest BCUT2D eigenvalue weighted by Gasteiger charge is 2.14. The number of hydrogen-bond acceptors (Lipinski definition) is 4.